The van der Waals surface area contributed by atoms with E-state index >= 15 is 0 Å². The van der Waals surface area contributed by atoms with Crippen molar-refractivity contribution in [3.63, 3.8) is 0 Å². The van der Waals surface area contributed by atoms with E-state index in [1.165, 1.54) is 6.08 Å². The van der Waals surface area contributed by atoms with Crippen molar-refractivity contribution in [1.82, 2.24) is 0 Å². The Labute approximate surface area is 109 Å². The van der Waals surface area contributed by atoms with Crippen LogP contribution in [-0.2, 0) is 9.53 Å². The Hall–Kier alpha value is -1.42. The van der Waals surface area contributed by atoms with Crippen LogP contribution >= 0.6 is 15.9 Å². The van der Waals surface area contributed by atoms with Crippen LogP contribution < -0.4 is 0 Å². The lowest BCUT2D eigenvalue weighted by atomic mass is 10.1. The Morgan fingerprint density at radius 2 is 1.88 bits per heavy atom. The molecule has 1 aromatic rings. The number of ketones is 1. The molecule has 0 unspecified atom stereocenters. The van der Waals surface area contributed by atoms with Gasteiger partial charge in [0.05, 0.1) is 6.61 Å². The number of ether oxygens (including phenoxy) is 1. The highest BCUT2D eigenvalue weighted by Crippen LogP contribution is 2.12. The molecule has 4 heteroatoms. The van der Waals surface area contributed by atoms with Gasteiger partial charge in [-0.15, -0.1) is 0 Å². The number of carbonyl (C=O) groups excluding carboxylic acids is 2. The van der Waals surface area contributed by atoms with Gasteiger partial charge < -0.3 is 4.74 Å². The van der Waals surface area contributed by atoms with E-state index in [4.69, 9.17) is 4.74 Å². The number of hydrogen-bond donors (Lipinski definition) is 0. The fourth-order valence-electron chi connectivity index (χ4n) is 1.20. The number of allylic oxidation sites excluding steroid dienone is 1. The fraction of sp³-hybridized carbons (Fsp3) is 0.231. The summed E-state index contributed by atoms with van der Waals surface area (Å²) in [5.74, 6) is -0.666. The molecule has 0 aliphatic carbocycles. The quantitative estimate of drug-likeness (QED) is 0.487. The Morgan fingerprint density at radius 1 is 1.29 bits per heavy atom. The largest absolute Gasteiger partial charge is 0.463 e. The van der Waals surface area contributed by atoms with Crippen molar-refractivity contribution in [2.75, 3.05) is 6.61 Å². The van der Waals surface area contributed by atoms with Crippen LogP contribution in [0.4, 0.5) is 0 Å². The molecule has 0 N–H and O–H groups in total. The van der Waals surface area contributed by atoms with E-state index in [2.05, 4.69) is 15.9 Å². The first-order chi connectivity index (χ1) is 8.04. The second-order valence-electron chi connectivity index (χ2n) is 3.42. The van der Waals surface area contributed by atoms with E-state index in [1.807, 2.05) is 0 Å². The van der Waals surface area contributed by atoms with Crippen molar-refractivity contribution in [1.29, 1.82) is 0 Å². The van der Waals surface area contributed by atoms with Gasteiger partial charge in [-0.2, -0.15) is 0 Å². The zero-order valence-electron chi connectivity index (χ0n) is 9.70. The minimum Gasteiger partial charge on any atom is -0.463 e. The third kappa shape index (κ3) is 4.15. The maximum atomic E-state index is 11.8. The van der Waals surface area contributed by atoms with Gasteiger partial charge in [0.2, 0.25) is 0 Å². The van der Waals surface area contributed by atoms with E-state index in [1.54, 1.807) is 38.1 Å². The summed E-state index contributed by atoms with van der Waals surface area (Å²) in [6.07, 6.45) is 1.29. The van der Waals surface area contributed by atoms with Crippen molar-refractivity contribution in [3.8, 4) is 0 Å². The molecule has 17 heavy (non-hydrogen) atoms. The predicted molar refractivity (Wildman–Crippen MR) is 68.9 cm³/mol. The number of carbonyl (C=O) groups is 2. The fourth-order valence-corrected chi connectivity index (χ4v) is 1.46. The van der Waals surface area contributed by atoms with Crippen LogP contribution in [0.2, 0.25) is 0 Å². The van der Waals surface area contributed by atoms with Crippen LogP contribution in [0.1, 0.15) is 24.2 Å². The van der Waals surface area contributed by atoms with E-state index in [9.17, 15) is 9.59 Å². The van der Waals surface area contributed by atoms with E-state index in [0.29, 0.717) is 17.7 Å². The average molecular weight is 297 g/mol. The highest BCUT2D eigenvalue weighted by molar-refractivity contribution is 9.10. The van der Waals surface area contributed by atoms with Crippen molar-refractivity contribution < 1.29 is 14.3 Å². The van der Waals surface area contributed by atoms with E-state index < -0.39 is 5.97 Å². The number of benzene rings is 1. The lowest BCUT2D eigenvalue weighted by Crippen LogP contribution is -2.07. The molecule has 0 fully saturated rings. The van der Waals surface area contributed by atoms with Crippen LogP contribution in [-0.4, -0.2) is 18.4 Å². The van der Waals surface area contributed by atoms with Gasteiger partial charge in [0.25, 0.3) is 0 Å². The molecule has 0 aromatic heterocycles. The van der Waals surface area contributed by atoms with Gasteiger partial charge >= 0.3 is 5.97 Å². The Balaban J connectivity index is 2.81. The molecule has 0 aliphatic rings. The lowest BCUT2D eigenvalue weighted by Gasteiger charge is -2.01. The van der Waals surface area contributed by atoms with E-state index in [0.717, 1.165) is 4.47 Å². The molecule has 0 bridgehead atoms. The maximum Gasteiger partial charge on any atom is 0.333 e. The molecule has 1 aromatic carbocycles. The van der Waals surface area contributed by atoms with Crippen LogP contribution in [0, 0.1) is 0 Å². The maximum absolute atomic E-state index is 11.8. The smallest absolute Gasteiger partial charge is 0.333 e. The number of hydrogen-bond acceptors (Lipinski definition) is 3. The summed E-state index contributed by atoms with van der Waals surface area (Å²) in [7, 11) is 0. The molecule has 0 atom stereocenters. The Bertz CT molecular complexity index is 446. The number of rotatable bonds is 4. The SMILES string of the molecule is CCOC(=O)/C(C)=C/C(=O)c1ccc(Br)cc1. The minimum absolute atomic E-state index is 0.206. The molecule has 1 rings (SSSR count). The van der Waals surface area contributed by atoms with Crippen molar-refractivity contribution >= 4 is 27.7 Å². The number of esters is 1. The summed E-state index contributed by atoms with van der Waals surface area (Å²) >= 11 is 3.29. The molecule has 0 amide bonds. The van der Waals surface area contributed by atoms with Crippen LogP contribution in [0.15, 0.2) is 40.4 Å². The van der Waals surface area contributed by atoms with Gasteiger partial charge in [0, 0.05) is 15.6 Å². The normalized spacial score (nSPS) is 11.1. The molecule has 0 saturated heterocycles. The van der Waals surface area contributed by atoms with E-state index in [-0.39, 0.29) is 5.78 Å². The number of halogens is 1. The second kappa shape index (κ2) is 6.35. The molecule has 0 radical (unpaired) electrons. The summed E-state index contributed by atoms with van der Waals surface area (Å²) in [6, 6.07) is 6.95. The third-order valence-electron chi connectivity index (χ3n) is 2.07. The van der Waals surface area contributed by atoms with Crippen molar-refractivity contribution in [2.45, 2.75) is 13.8 Å². The predicted octanol–water partition coefficient (Wildman–Crippen LogP) is 3.14. The van der Waals surface area contributed by atoms with Gasteiger partial charge in [0.15, 0.2) is 5.78 Å². The first kappa shape index (κ1) is 13.6. The van der Waals surface area contributed by atoms with Gasteiger partial charge in [-0.3, -0.25) is 4.79 Å². The summed E-state index contributed by atoms with van der Waals surface area (Å²) in [4.78, 5) is 23.1. The Kier molecular flexibility index (Phi) is 5.10. The van der Waals surface area contributed by atoms with Gasteiger partial charge in [-0.1, -0.05) is 15.9 Å². The monoisotopic (exact) mass is 296 g/mol. The summed E-state index contributed by atoms with van der Waals surface area (Å²) in [5.41, 5.74) is 0.844. The average Bonchev–Trinajstić information content (AvgIpc) is 2.30. The second-order valence-corrected chi connectivity index (χ2v) is 4.33. The van der Waals surface area contributed by atoms with Gasteiger partial charge in [-0.25, -0.2) is 4.79 Å². The topological polar surface area (TPSA) is 43.4 Å². The van der Waals surface area contributed by atoms with Crippen molar-refractivity contribution in [2.24, 2.45) is 0 Å². The molecule has 0 spiro atoms. The first-order valence-electron chi connectivity index (χ1n) is 5.20. The lowest BCUT2D eigenvalue weighted by molar-refractivity contribution is -0.138. The zero-order chi connectivity index (χ0) is 12.8. The van der Waals surface area contributed by atoms with Gasteiger partial charge in [-0.05, 0) is 44.2 Å². The van der Waals surface area contributed by atoms with Crippen molar-refractivity contribution in [3.05, 3.63) is 46.0 Å². The highest BCUT2D eigenvalue weighted by atomic mass is 79.9. The first-order valence-corrected chi connectivity index (χ1v) is 5.99. The highest BCUT2D eigenvalue weighted by Gasteiger charge is 2.08. The summed E-state index contributed by atoms with van der Waals surface area (Å²) in [6.45, 7) is 3.59. The molecule has 90 valence electrons. The zero-order valence-corrected chi connectivity index (χ0v) is 11.3. The van der Waals surface area contributed by atoms with Gasteiger partial charge in [0.1, 0.15) is 0 Å². The molecule has 3 nitrogen and oxygen atoms in total. The molecule has 0 aliphatic heterocycles. The van der Waals surface area contributed by atoms with Crippen LogP contribution in [0.5, 0.6) is 0 Å². The molecular weight excluding hydrogens is 284 g/mol. The molecule has 0 saturated carbocycles. The molecule has 0 heterocycles. The standard InChI is InChI=1S/C13H13BrO3/c1-3-17-13(16)9(2)8-12(15)10-4-6-11(14)7-5-10/h4-8H,3H2,1-2H3/b9-8+. The van der Waals surface area contributed by atoms with Crippen LogP contribution in [0.3, 0.4) is 0 Å². The Morgan fingerprint density at radius 3 is 2.41 bits per heavy atom. The third-order valence-corrected chi connectivity index (χ3v) is 2.60. The summed E-state index contributed by atoms with van der Waals surface area (Å²) in [5, 5.41) is 0. The van der Waals surface area contributed by atoms with Crippen LogP contribution in [0.25, 0.3) is 0 Å². The molecular formula is C13H13BrO3. The minimum atomic E-state index is -0.460. The summed E-state index contributed by atoms with van der Waals surface area (Å²) < 4.78 is 5.70.